The molecule has 1 nitrogen and oxygen atoms in total. The van der Waals surface area contributed by atoms with Gasteiger partial charge < -0.3 is 4.74 Å². The van der Waals surface area contributed by atoms with E-state index in [1.54, 1.807) is 0 Å². The minimum absolute atomic E-state index is 0.553. The standard InChI is InChI=1S/C18H20O/c1-15(2)14-19-18-12-10-17(11-13-18)9-8-16-6-4-3-5-7-16/h3-13,15H,14H2,1-2H3. The molecule has 0 saturated heterocycles. The quantitative estimate of drug-likeness (QED) is 0.688. The van der Waals surface area contributed by atoms with Crippen molar-refractivity contribution in [1.82, 2.24) is 0 Å². The minimum Gasteiger partial charge on any atom is -0.493 e. The largest absolute Gasteiger partial charge is 0.493 e. The average molecular weight is 252 g/mol. The second-order valence-corrected chi connectivity index (χ2v) is 5.02. The molecular weight excluding hydrogens is 232 g/mol. The van der Waals surface area contributed by atoms with Crippen molar-refractivity contribution in [3.05, 3.63) is 65.7 Å². The van der Waals surface area contributed by atoms with Crippen LogP contribution in [-0.4, -0.2) is 6.61 Å². The summed E-state index contributed by atoms with van der Waals surface area (Å²) in [4.78, 5) is 0. The van der Waals surface area contributed by atoms with E-state index >= 15 is 0 Å². The van der Waals surface area contributed by atoms with E-state index in [1.165, 1.54) is 11.1 Å². The van der Waals surface area contributed by atoms with Crippen LogP contribution in [0.15, 0.2) is 54.6 Å². The minimum atomic E-state index is 0.553. The number of rotatable bonds is 5. The highest BCUT2D eigenvalue weighted by Gasteiger charge is 1.96. The molecule has 0 bridgehead atoms. The van der Waals surface area contributed by atoms with Crippen LogP contribution in [-0.2, 0) is 0 Å². The molecule has 2 aromatic carbocycles. The molecule has 2 aromatic rings. The summed E-state index contributed by atoms with van der Waals surface area (Å²) in [5, 5.41) is 0. The van der Waals surface area contributed by atoms with Crippen LogP contribution in [0.3, 0.4) is 0 Å². The van der Waals surface area contributed by atoms with Crippen molar-refractivity contribution in [2.24, 2.45) is 5.92 Å². The molecule has 0 fully saturated rings. The zero-order valence-corrected chi connectivity index (χ0v) is 11.5. The van der Waals surface area contributed by atoms with E-state index in [0.29, 0.717) is 5.92 Å². The molecule has 0 atom stereocenters. The van der Waals surface area contributed by atoms with Gasteiger partial charge in [-0.15, -0.1) is 0 Å². The second kappa shape index (κ2) is 6.79. The fraction of sp³-hybridized carbons (Fsp3) is 0.222. The second-order valence-electron chi connectivity index (χ2n) is 5.02. The van der Waals surface area contributed by atoms with Gasteiger partial charge in [-0.3, -0.25) is 0 Å². The molecule has 0 heterocycles. The van der Waals surface area contributed by atoms with E-state index in [9.17, 15) is 0 Å². The lowest BCUT2D eigenvalue weighted by molar-refractivity contribution is 0.271. The predicted octanol–water partition coefficient (Wildman–Crippen LogP) is 4.89. The van der Waals surface area contributed by atoms with Crippen LogP contribution >= 0.6 is 0 Å². The Kier molecular flexibility index (Phi) is 4.79. The van der Waals surface area contributed by atoms with Gasteiger partial charge in [-0.05, 0) is 29.2 Å². The van der Waals surface area contributed by atoms with Gasteiger partial charge in [-0.1, -0.05) is 68.5 Å². The Balaban J connectivity index is 1.97. The van der Waals surface area contributed by atoms with Gasteiger partial charge in [0.2, 0.25) is 0 Å². The lowest BCUT2D eigenvalue weighted by atomic mass is 10.1. The SMILES string of the molecule is CC(C)COc1ccc(C=Cc2ccccc2)cc1. The molecule has 0 aromatic heterocycles. The summed E-state index contributed by atoms with van der Waals surface area (Å²) in [7, 11) is 0. The zero-order valence-electron chi connectivity index (χ0n) is 11.5. The van der Waals surface area contributed by atoms with Crippen LogP contribution in [0.1, 0.15) is 25.0 Å². The Hall–Kier alpha value is -2.02. The molecule has 2 rings (SSSR count). The third-order valence-electron chi connectivity index (χ3n) is 2.73. The Labute approximate surface area is 115 Å². The summed E-state index contributed by atoms with van der Waals surface area (Å²) >= 11 is 0. The summed E-state index contributed by atoms with van der Waals surface area (Å²) < 4.78 is 5.66. The monoisotopic (exact) mass is 252 g/mol. The Morgan fingerprint density at radius 2 is 1.42 bits per heavy atom. The van der Waals surface area contributed by atoms with Gasteiger partial charge in [0.25, 0.3) is 0 Å². The van der Waals surface area contributed by atoms with Gasteiger partial charge in [0.15, 0.2) is 0 Å². The molecule has 0 aliphatic carbocycles. The van der Waals surface area contributed by atoms with Crippen LogP contribution in [0.4, 0.5) is 0 Å². The van der Waals surface area contributed by atoms with Crippen LogP contribution in [0, 0.1) is 5.92 Å². The van der Waals surface area contributed by atoms with Gasteiger partial charge in [0.05, 0.1) is 6.61 Å². The maximum absolute atomic E-state index is 5.66. The Morgan fingerprint density at radius 1 is 0.842 bits per heavy atom. The van der Waals surface area contributed by atoms with E-state index in [4.69, 9.17) is 4.74 Å². The third-order valence-corrected chi connectivity index (χ3v) is 2.73. The number of ether oxygens (including phenoxy) is 1. The topological polar surface area (TPSA) is 9.23 Å². The smallest absolute Gasteiger partial charge is 0.119 e. The molecule has 0 radical (unpaired) electrons. The van der Waals surface area contributed by atoms with E-state index in [2.05, 4.69) is 50.3 Å². The molecule has 19 heavy (non-hydrogen) atoms. The summed E-state index contributed by atoms with van der Waals surface area (Å²) in [5.41, 5.74) is 2.39. The van der Waals surface area contributed by atoms with Gasteiger partial charge >= 0.3 is 0 Å². The molecule has 0 unspecified atom stereocenters. The Bertz CT molecular complexity index is 509. The van der Waals surface area contributed by atoms with Crippen molar-refractivity contribution >= 4 is 12.2 Å². The molecule has 98 valence electrons. The number of benzene rings is 2. The number of hydrogen-bond acceptors (Lipinski definition) is 1. The average Bonchev–Trinajstić information content (AvgIpc) is 2.45. The Morgan fingerprint density at radius 3 is 2.00 bits per heavy atom. The summed E-state index contributed by atoms with van der Waals surface area (Å²) in [6.07, 6.45) is 4.23. The zero-order chi connectivity index (χ0) is 13.5. The van der Waals surface area contributed by atoms with Gasteiger partial charge in [0.1, 0.15) is 5.75 Å². The highest BCUT2D eigenvalue weighted by Crippen LogP contribution is 2.15. The maximum atomic E-state index is 5.66. The van der Waals surface area contributed by atoms with E-state index < -0.39 is 0 Å². The van der Waals surface area contributed by atoms with Crippen LogP contribution in [0.2, 0.25) is 0 Å². The van der Waals surface area contributed by atoms with Crippen molar-refractivity contribution in [1.29, 1.82) is 0 Å². The first-order valence-corrected chi connectivity index (χ1v) is 6.70. The first-order chi connectivity index (χ1) is 9.24. The van der Waals surface area contributed by atoms with Crippen molar-refractivity contribution in [3.63, 3.8) is 0 Å². The van der Waals surface area contributed by atoms with Crippen LogP contribution in [0.5, 0.6) is 5.75 Å². The van der Waals surface area contributed by atoms with Crippen molar-refractivity contribution < 1.29 is 4.74 Å². The molecule has 0 N–H and O–H groups in total. The summed E-state index contributed by atoms with van der Waals surface area (Å²) in [6.45, 7) is 5.06. The normalized spacial score (nSPS) is 11.1. The fourth-order valence-corrected chi connectivity index (χ4v) is 1.69. The highest BCUT2D eigenvalue weighted by atomic mass is 16.5. The van der Waals surface area contributed by atoms with Gasteiger partial charge in [0, 0.05) is 0 Å². The maximum Gasteiger partial charge on any atom is 0.119 e. The predicted molar refractivity (Wildman–Crippen MR) is 82.1 cm³/mol. The molecule has 0 saturated carbocycles. The van der Waals surface area contributed by atoms with Crippen molar-refractivity contribution in [2.75, 3.05) is 6.61 Å². The molecule has 0 amide bonds. The van der Waals surface area contributed by atoms with E-state index in [0.717, 1.165) is 12.4 Å². The lowest BCUT2D eigenvalue weighted by Crippen LogP contribution is -2.04. The summed E-state index contributed by atoms with van der Waals surface area (Å²) in [6, 6.07) is 18.5. The molecule has 0 spiro atoms. The fourth-order valence-electron chi connectivity index (χ4n) is 1.69. The molecule has 1 heteroatoms. The first kappa shape index (κ1) is 13.4. The first-order valence-electron chi connectivity index (χ1n) is 6.70. The molecule has 0 aliphatic rings. The van der Waals surface area contributed by atoms with E-state index in [1.807, 2.05) is 30.3 Å². The van der Waals surface area contributed by atoms with E-state index in [-0.39, 0.29) is 0 Å². The van der Waals surface area contributed by atoms with Gasteiger partial charge in [-0.2, -0.15) is 0 Å². The van der Waals surface area contributed by atoms with Crippen LogP contribution in [0.25, 0.3) is 12.2 Å². The number of hydrogen-bond donors (Lipinski definition) is 0. The van der Waals surface area contributed by atoms with Crippen LogP contribution < -0.4 is 4.74 Å². The molecular formula is C18H20O. The third kappa shape index (κ3) is 4.63. The summed E-state index contributed by atoms with van der Waals surface area (Å²) in [5.74, 6) is 1.49. The van der Waals surface area contributed by atoms with Crippen molar-refractivity contribution in [3.8, 4) is 5.75 Å². The lowest BCUT2D eigenvalue weighted by Gasteiger charge is -2.08. The molecule has 0 aliphatic heterocycles. The van der Waals surface area contributed by atoms with Crippen molar-refractivity contribution in [2.45, 2.75) is 13.8 Å². The van der Waals surface area contributed by atoms with Gasteiger partial charge in [-0.25, -0.2) is 0 Å². The highest BCUT2D eigenvalue weighted by molar-refractivity contribution is 5.69.